The van der Waals surface area contributed by atoms with Gasteiger partial charge in [0.25, 0.3) is 0 Å². The molecular formula is C11H15NO3S2. The first kappa shape index (κ1) is 12.7. The highest BCUT2D eigenvalue weighted by molar-refractivity contribution is 7.85. The average Bonchev–Trinajstić information content (AvgIpc) is 2.74. The van der Waals surface area contributed by atoms with E-state index in [-0.39, 0.29) is 12.0 Å². The van der Waals surface area contributed by atoms with Gasteiger partial charge in [-0.3, -0.25) is 14.3 Å². The summed E-state index contributed by atoms with van der Waals surface area (Å²) in [6, 6.07) is 3.59. The lowest BCUT2D eigenvalue weighted by Gasteiger charge is -2.28. The second-order valence-corrected chi connectivity index (χ2v) is 6.88. The van der Waals surface area contributed by atoms with Crippen molar-refractivity contribution in [2.75, 3.05) is 18.6 Å². The molecule has 0 aromatic carbocycles. The van der Waals surface area contributed by atoms with Crippen LogP contribution in [0.15, 0.2) is 12.1 Å². The topological polar surface area (TPSA) is 55.4 Å². The quantitative estimate of drug-likeness (QED) is 0.817. The highest BCUT2D eigenvalue weighted by atomic mass is 32.2. The van der Waals surface area contributed by atoms with Gasteiger partial charge in [0.15, 0.2) is 0 Å². The monoisotopic (exact) mass is 273 g/mol. The Morgan fingerprint density at radius 3 is 2.88 bits per heavy atom. The summed E-state index contributed by atoms with van der Waals surface area (Å²) >= 11 is 1.67. The molecule has 17 heavy (non-hydrogen) atoms. The van der Waals surface area contributed by atoms with E-state index in [4.69, 9.17) is 4.74 Å². The van der Waals surface area contributed by atoms with Gasteiger partial charge < -0.3 is 4.74 Å². The summed E-state index contributed by atoms with van der Waals surface area (Å²) in [4.78, 5) is 13.8. The molecule has 4 nitrogen and oxygen atoms in total. The van der Waals surface area contributed by atoms with Crippen molar-refractivity contribution in [3.63, 3.8) is 0 Å². The molecule has 0 spiro atoms. The molecule has 1 aromatic heterocycles. The number of thiophene rings is 1. The van der Waals surface area contributed by atoms with Gasteiger partial charge in [-0.15, -0.1) is 11.3 Å². The highest BCUT2D eigenvalue weighted by Crippen LogP contribution is 2.26. The van der Waals surface area contributed by atoms with Crippen molar-refractivity contribution in [3.8, 4) is 0 Å². The van der Waals surface area contributed by atoms with Crippen LogP contribution in [0.2, 0.25) is 0 Å². The van der Waals surface area contributed by atoms with Gasteiger partial charge in [0.2, 0.25) is 0 Å². The van der Waals surface area contributed by atoms with Gasteiger partial charge in [0, 0.05) is 32.1 Å². The minimum atomic E-state index is -0.970. The van der Waals surface area contributed by atoms with Crippen molar-refractivity contribution in [1.82, 2.24) is 5.32 Å². The zero-order valence-corrected chi connectivity index (χ0v) is 11.4. The molecule has 1 N–H and O–H groups in total. The SMILES string of the molecule is COC(=O)C1CS(=O)CC(c2ccc(C)s2)N1. The Balaban J connectivity index is 2.13. The van der Waals surface area contributed by atoms with E-state index in [0.717, 1.165) is 4.88 Å². The summed E-state index contributed by atoms with van der Waals surface area (Å²) in [7, 11) is 0.383. The van der Waals surface area contributed by atoms with Gasteiger partial charge in [0.05, 0.1) is 13.2 Å². The standard InChI is InChI=1S/C11H15NO3S2/c1-7-3-4-10(16-7)8-5-17(14)6-9(12-8)11(13)15-2/h3-4,8-9,12H,5-6H2,1-2H3. The van der Waals surface area contributed by atoms with Crippen LogP contribution in [0.1, 0.15) is 15.8 Å². The molecule has 3 atom stereocenters. The smallest absolute Gasteiger partial charge is 0.323 e. The fourth-order valence-electron chi connectivity index (χ4n) is 1.86. The number of aryl methyl sites for hydroxylation is 1. The van der Waals surface area contributed by atoms with Crippen LogP contribution < -0.4 is 5.32 Å². The summed E-state index contributed by atoms with van der Waals surface area (Å²) in [5.41, 5.74) is 0. The largest absolute Gasteiger partial charge is 0.468 e. The summed E-state index contributed by atoms with van der Waals surface area (Å²) in [6.07, 6.45) is 0. The lowest BCUT2D eigenvalue weighted by atomic mass is 10.2. The molecule has 1 aliphatic rings. The van der Waals surface area contributed by atoms with Gasteiger partial charge in [-0.1, -0.05) is 0 Å². The Bertz CT molecular complexity index is 444. The van der Waals surface area contributed by atoms with Gasteiger partial charge >= 0.3 is 5.97 Å². The van der Waals surface area contributed by atoms with Gasteiger partial charge in [-0.25, -0.2) is 0 Å². The zero-order chi connectivity index (χ0) is 12.4. The second-order valence-electron chi connectivity index (χ2n) is 4.02. The van der Waals surface area contributed by atoms with E-state index in [9.17, 15) is 9.00 Å². The van der Waals surface area contributed by atoms with Crippen LogP contribution in [0.5, 0.6) is 0 Å². The van der Waals surface area contributed by atoms with Crippen molar-refractivity contribution >= 4 is 28.1 Å². The lowest BCUT2D eigenvalue weighted by molar-refractivity contribution is -0.142. The summed E-state index contributed by atoms with van der Waals surface area (Å²) in [5, 5.41) is 3.21. The Kier molecular flexibility index (Phi) is 3.96. The third kappa shape index (κ3) is 2.94. The third-order valence-electron chi connectivity index (χ3n) is 2.70. The highest BCUT2D eigenvalue weighted by Gasteiger charge is 2.32. The summed E-state index contributed by atoms with van der Waals surface area (Å²) in [6.45, 7) is 2.03. The lowest BCUT2D eigenvalue weighted by Crippen LogP contribution is -2.49. The van der Waals surface area contributed by atoms with Gasteiger partial charge in [-0.2, -0.15) is 0 Å². The molecule has 1 fully saturated rings. The van der Waals surface area contributed by atoms with Gasteiger partial charge in [0.1, 0.15) is 6.04 Å². The number of rotatable bonds is 2. The van der Waals surface area contributed by atoms with Crippen molar-refractivity contribution < 1.29 is 13.7 Å². The van der Waals surface area contributed by atoms with E-state index >= 15 is 0 Å². The van der Waals surface area contributed by atoms with Crippen LogP contribution in [0.3, 0.4) is 0 Å². The first-order valence-corrected chi connectivity index (χ1v) is 7.66. The number of hydrogen-bond donors (Lipinski definition) is 1. The van der Waals surface area contributed by atoms with Crippen LogP contribution >= 0.6 is 11.3 Å². The third-order valence-corrected chi connectivity index (χ3v) is 5.22. The molecular weight excluding hydrogens is 258 g/mol. The molecule has 3 unspecified atom stereocenters. The van der Waals surface area contributed by atoms with Crippen LogP contribution in [-0.4, -0.2) is 34.8 Å². The maximum Gasteiger partial charge on any atom is 0.323 e. The summed E-state index contributed by atoms with van der Waals surface area (Å²) in [5.74, 6) is 0.567. The van der Waals surface area contributed by atoms with E-state index in [1.807, 2.05) is 19.1 Å². The average molecular weight is 273 g/mol. The molecule has 0 radical (unpaired) electrons. The molecule has 1 aromatic rings. The molecule has 1 aliphatic heterocycles. The predicted octanol–water partition coefficient (Wildman–Crippen LogP) is 0.991. The Hall–Kier alpha value is -0.720. The first-order chi connectivity index (χ1) is 8.10. The maximum atomic E-state index is 11.8. The Morgan fingerprint density at radius 1 is 1.53 bits per heavy atom. The van der Waals surface area contributed by atoms with E-state index in [1.165, 1.54) is 12.0 Å². The normalized spacial score (nSPS) is 28.9. The van der Waals surface area contributed by atoms with Crippen molar-refractivity contribution in [2.24, 2.45) is 0 Å². The van der Waals surface area contributed by atoms with E-state index in [1.54, 1.807) is 11.3 Å². The first-order valence-electron chi connectivity index (χ1n) is 5.35. The number of carbonyl (C=O) groups is 1. The van der Waals surface area contributed by atoms with Crippen LogP contribution in [0, 0.1) is 6.92 Å². The summed E-state index contributed by atoms with van der Waals surface area (Å²) < 4.78 is 16.4. The van der Waals surface area contributed by atoms with Crippen molar-refractivity contribution in [1.29, 1.82) is 0 Å². The molecule has 0 bridgehead atoms. The zero-order valence-electron chi connectivity index (χ0n) is 9.76. The molecule has 0 amide bonds. The molecule has 6 heteroatoms. The number of hydrogen-bond acceptors (Lipinski definition) is 5. The van der Waals surface area contributed by atoms with Crippen LogP contribution in [-0.2, 0) is 20.3 Å². The molecule has 0 saturated carbocycles. The minimum absolute atomic E-state index is 0.00705. The second kappa shape index (κ2) is 5.29. The number of ether oxygens (including phenoxy) is 1. The van der Waals surface area contributed by atoms with E-state index in [2.05, 4.69) is 5.32 Å². The Labute approximate surface area is 107 Å². The van der Waals surface area contributed by atoms with E-state index in [0.29, 0.717) is 11.5 Å². The number of esters is 1. The number of carbonyl (C=O) groups excluding carboxylic acids is 1. The van der Waals surface area contributed by atoms with Gasteiger partial charge in [-0.05, 0) is 19.1 Å². The fraction of sp³-hybridized carbons (Fsp3) is 0.545. The van der Waals surface area contributed by atoms with E-state index < -0.39 is 16.8 Å². The molecule has 0 aliphatic carbocycles. The fourth-order valence-corrected chi connectivity index (χ4v) is 4.29. The maximum absolute atomic E-state index is 11.8. The molecule has 2 rings (SSSR count). The minimum Gasteiger partial charge on any atom is -0.468 e. The molecule has 94 valence electrons. The number of nitrogens with one attached hydrogen (secondary N) is 1. The number of methoxy groups -OCH3 is 1. The van der Waals surface area contributed by atoms with Crippen LogP contribution in [0.4, 0.5) is 0 Å². The Morgan fingerprint density at radius 2 is 2.29 bits per heavy atom. The van der Waals surface area contributed by atoms with Crippen molar-refractivity contribution in [3.05, 3.63) is 21.9 Å². The molecule has 1 saturated heterocycles. The predicted molar refractivity (Wildman–Crippen MR) is 68.6 cm³/mol. The van der Waals surface area contributed by atoms with Crippen LogP contribution in [0.25, 0.3) is 0 Å². The molecule has 2 heterocycles. The van der Waals surface area contributed by atoms with Crippen molar-refractivity contribution in [2.45, 2.75) is 19.0 Å².